The van der Waals surface area contributed by atoms with Crippen LogP contribution in [0.4, 0.5) is 18.0 Å². The molecule has 1 heterocycles. The molecular weight excluding hydrogens is 309 g/mol. The number of hydrogen-bond acceptors (Lipinski definition) is 3. The Balaban J connectivity index is 1.37. The van der Waals surface area contributed by atoms with Crippen LogP contribution in [0.2, 0.25) is 0 Å². The van der Waals surface area contributed by atoms with E-state index >= 15 is 0 Å². The molecule has 1 spiro atoms. The van der Waals surface area contributed by atoms with E-state index in [2.05, 4.69) is 5.32 Å². The molecule has 1 saturated heterocycles. The maximum Gasteiger partial charge on any atom is 0.410 e. The van der Waals surface area contributed by atoms with Gasteiger partial charge in [-0.2, -0.15) is 13.2 Å². The van der Waals surface area contributed by atoms with Crippen molar-refractivity contribution < 1.29 is 22.7 Å². The molecule has 1 N–H and O–H groups in total. The van der Waals surface area contributed by atoms with Gasteiger partial charge in [0, 0.05) is 18.5 Å². The van der Waals surface area contributed by atoms with E-state index in [0.717, 1.165) is 12.8 Å². The van der Waals surface area contributed by atoms with E-state index < -0.39 is 17.3 Å². The minimum Gasteiger partial charge on any atom is -0.444 e. The van der Waals surface area contributed by atoms with Crippen LogP contribution in [0, 0.1) is 11.3 Å². The first-order valence-corrected chi connectivity index (χ1v) is 8.24. The van der Waals surface area contributed by atoms with Crippen molar-refractivity contribution in [2.45, 2.75) is 63.8 Å². The van der Waals surface area contributed by atoms with Crippen LogP contribution in [0.5, 0.6) is 0 Å². The lowest BCUT2D eigenvalue weighted by atomic mass is 9.58. The third-order valence-corrected chi connectivity index (χ3v) is 5.17. The third kappa shape index (κ3) is 3.30. The van der Waals surface area contributed by atoms with Crippen molar-refractivity contribution in [3.05, 3.63) is 0 Å². The summed E-state index contributed by atoms with van der Waals surface area (Å²) in [5.74, 6) is 0.288. The van der Waals surface area contributed by atoms with E-state index in [-0.39, 0.29) is 30.3 Å². The van der Waals surface area contributed by atoms with Gasteiger partial charge in [-0.25, -0.2) is 4.79 Å². The number of carbonyl (C=O) groups excluding carboxylic acids is 1. The highest BCUT2D eigenvalue weighted by molar-refractivity contribution is 5.69. The first-order valence-electron chi connectivity index (χ1n) is 8.24. The number of hydrogen-bond donors (Lipinski definition) is 1. The van der Waals surface area contributed by atoms with Gasteiger partial charge >= 0.3 is 12.3 Å². The van der Waals surface area contributed by atoms with Crippen LogP contribution in [0.3, 0.4) is 0 Å². The first-order chi connectivity index (χ1) is 10.4. The van der Waals surface area contributed by atoms with Crippen LogP contribution >= 0.6 is 0 Å². The first kappa shape index (κ1) is 16.9. The van der Waals surface area contributed by atoms with Crippen molar-refractivity contribution in [1.82, 2.24) is 10.2 Å². The molecular formula is C16H25F3N2O2. The molecule has 0 bridgehead atoms. The predicted octanol–water partition coefficient (Wildman–Crippen LogP) is 3.32. The number of ether oxygens (including phenoxy) is 1. The molecule has 132 valence electrons. The van der Waals surface area contributed by atoms with Crippen molar-refractivity contribution in [2.75, 3.05) is 19.6 Å². The van der Waals surface area contributed by atoms with Gasteiger partial charge in [0.05, 0.1) is 0 Å². The fourth-order valence-electron chi connectivity index (χ4n) is 3.81. The summed E-state index contributed by atoms with van der Waals surface area (Å²) in [5.41, 5.74) is -1.99. The van der Waals surface area contributed by atoms with Gasteiger partial charge in [0.15, 0.2) is 0 Å². The summed E-state index contributed by atoms with van der Waals surface area (Å²) in [5, 5.41) is 2.73. The topological polar surface area (TPSA) is 41.6 Å². The van der Waals surface area contributed by atoms with Gasteiger partial charge in [-0.1, -0.05) is 0 Å². The summed E-state index contributed by atoms with van der Waals surface area (Å²) in [6.07, 6.45) is -2.25. The van der Waals surface area contributed by atoms with Gasteiger partial charge in [0.1, 0.15) is 11.1 Å². The molecule has 0 aromatic heterocycles. The zero-order valence-corrected chi connectivity index (χ0v) is 13.9. The molecule has 0 radical (unpaired) electrons. The fourth-order valence-corrected chi connectivity index (χ4v) is 3.81. The molecule has 2 saturated carbocycles. The maximum absolute atomic E-state index is 12.9. The molecule has 0 aromatic carbocycles. The zero-order chi connectivity index (χ0) is 17.1. The molecule has 1 amide bonds. The van der Waals surface area contributed by atoms with E-state index in [4.69, 9.17) is 4.74 Å². The lowest BCUT2D eigenvalue weighted by molar-refractivity contribution is -0.168. The molecule has 0 aromatic rings. The molecule has 3 aliphatic rings. The van der Waals surface area contributed by atoms with Gasteiger partial charge < -0.3 is 15.0 Å². The Bertz CT molecular complexity index is 481. The summed E-state index contributed by atoms with van der Waals surface area (Å²) in [4.78, 5) is 13.6. The Morgan fingerprint density at radius 2 is 1.78 bits per heavy atom. The average molecular weight is 334 g/mol. The minimum atomic E-state index is -4.14. The van der Waals surface area contributed by atoms with E-state index in [9.17, 15) is 18.0 Å². The molecule has 1 aliphatic heterocycles. The number of amides is 1. The molecule has 2 aliphatic carbocycles. The van der Waals surface area contributed by atoms with Gasteiger partial charge in [-0.05, 0) is 58.9 Å². The number of rotatable bonds is 3. The van der Waals surface area contributed by atoms with Crippen LogP contribution in [0.1, 0.15) is 46.5 Å². The van der Waals surface area contributed by atoms with E-state index in [1.54, 1.807) is 4.90 Å². The number of halogens is 3. The molecule has 4 nitrogen and oxygen atoms in total. The van der Waals surface area contributed by atoms with Crippen molar-refractivity contribution in [1.29, 1.82) is 0 Å². The van der Waals surface area contributed by atoms with Gasteiger partial charge in [-0.3, -0.25) is 0 Å². The molecule has 3 fully saturated rings. The maximum atomic E-state index is 12.9. The van der Waals surface area contributed by atoms with Crippen molar-refractivity contribution in [3.63, 3.8) is 0 Å². The smallest absolute Gasteiger partial charge is 0.410 e. The van der Waals surface area contributed by atoms with Gasteiger partial charge in [-0.15, -0.1) is 0 Å². The Hall–Kier alpha value is -0.980. The second-order valence-electron chi connectivity index (χ2n) is 8.57. The third-order valence-electron chi connectivity index (χ3n) is 5.17. The van der Waals surface area contributed by atoms with Crippen LogP contribution in [-0.2, 0) is 4.74 Å². The van der Waals surface area contributed by atoms with E-state index in [1.807, 2.05) is 20.8 Å². The molecule has 7 heteroatoms. The minimum absolute atomic E-state index is 0.123. The standard InChI is InChI=1S/C16H25F3N2O2/c1-13(2,3)23-12(22)21-9-14(10-21)6-11(7-14)8-20-15(4-5-15)16(17,18)19/h11,20H,4-10H2,1-3H3. The normalized spacial score (nSPS) is 25.7. The second-order valence-corrected chi connectivity index (χ2v) is 8.57. The van der Waals surface area contributed by atoms with Crippen LogP contribution < -0.4 is 5.32 Å². The van der Waals surface area contributed by atoms with Crippen molar-refractivity contribution in [3.8, 4) is 0 Å². The lowest BCUT2D eigenvalue weighted by Gasteiger charge is -2.59. The Kier molecular flexibility index (Phi) is 3.67. The quantitative estimate of drug-likeness (QED) is 0.861. The van der Waals surface area contributed by atoms with Crippen molar-refractivity contribution >= 4 is 6.09 Å². The second kappa shape index (κ2) is 5.01. The Morgan fingerprint density at radius 3 is 2.22 bits per heavy atom. The molecule has 23 heavy (non-hydrogen) atoms. The Morgan fingerprint density at radius 1 is 1.22 bits per heavy atom. The molecule has 0 atom stereocenters. The lowest BCUT2D eigenvalue weighted by Crippen LogP contribution is -2.65. The summed E-state index contributed by atoms with van der Waals surface area (Å²) >= 11 is 0. The average Bonchev–Trinajstić information content (AvgIpc) is 3.01. The Labute approximate surface area is 134 Å². The van der Waals surface area contributed by atoms with Crippen LogP contribution in [0.25, 0.3) is 0 Å². The molecule has 0 unspecified atom stereocenters. The highest BCUT2D eigenvalue weighted by atomic mass is 19.4. The number of carbonyl (C=O) groups is 1. The predicted molar refractivity (Wildman–Crippen MR) is 79.0 cm³/mol. The van der Waals surface area contributed by atoms with Crippen molar-refractivity contribution in [2.24, 2.45) is 11.3 Å². The van der Waals surface area contributed by atoms with Gasteiger partial charge in [0.25, 0.3) is 0 Å². The number of alkyl halides is 3. The molecule has 3 rings (SSSR count). The van der Waals surface area contributed by atoms with E-state index in [0.29, 0.717) is 19.6 Å². The fraction of sp³-hybridized carbons (Fsp3) is 0.938. The number of nitrogens with zero attached hydrogens (tertiary/aromatic N) is 1. The van der Waals surface area contributed by atoms with Crippen LogP contribution in [-0.4, -0.2) is 47.9 Å². The number of likely N-dealkylation sites (tertiary alicyclic amines) is 1. The SMILES string of the molecule is CC(C)(C)OC(=O)N1CC2(CC(CNC3(C(F)(F)F)CC3)C2)C1. The zero-order valence-electron chi connectivity index (χ0n) is 13.9. The monoisotopic (exact) mass is 334 g/mol. The van der Waals surface area contributed by atoms with E-state index in [1.165, 1.54) is 0 Å². The summed E-state index contributed by atoms with van der Waals surface area (Å²) in [6.45, 7) is 7.26. The largest absolute Gasteiger partial charge is 0.444 e. The number of nitrogens with one attached hydrogen (secondary N) is 1. The highest BCUT2D eigenvalue weighted by Gasteiger charge is 2.63. The summed E-state index contributed by atoms with van der Waals surface area (Å²) in [7, 11) is 0. The van der Waals surface area contributed by atoms with Crippen LogP contribution in [0.15, 0.2) is 0 Å². The summed E-state index contributed by atoms with van der Waals surface area (Å²) in [6, 6.07) is 0. The van der Waals surface area contributed by atoms with Gasteiger partial charge in [0.2, 0.25) is 0 Å². The summed E-state index contributed by atoms with van der Waals surface area (Å²) < 4.78 is 43.9. The highest BCUT2D eigenvalue weighted by Crippen LogP contribution is 2.53.